The molecule has 44 heavy (non-hydrogen) atoms. The van der Waals surface area contributed by atoms with Crippen LogP contribution in [0.25, 0.3) is 21.1 Å². The molecule has 2 atom stereocenters. The van der Waals surface area contributed by atoms with Gasteiger partial charge in [-0.3, -0.25) is 9.69 Å². The average molecular weight is 626 g/mol. The molecule has 0 aliphatic carbocycles. The Morgan fingerprint density at radius 1 is 1.23 bits per heavy atom. The third-order valence-corrected chi connectivity index (χ3v) is 9.74. The van der Waals surface area contributed by atoms with E-state index in [-0.39, 0.29) is 35.5 Å². The number of likely N-dealkylation sites (tertiary alicyclic amines) is 1. The first-order valence-corrected chi connectivity index (χ1v) is 15.6. The molecule has 2 fully saturated rings. The number of halogens is 3. The monoisotopic (exact) mass is 625 g/mol. The highest BCUT2D eigenvalue weighted by molar-refractivity contribution is 7.18. The van der Waals surface area contributed by atoms with Gasteiger partial charge in [-0.15, -0.1) is 11.3 Å². The summed E-state index contributed by atoms with van der Waals surface area (Å²) in [5.41, 5.74) is 3.99. The minimum absolute atomic E-state index is 0.0631. The lowest BCUT2D eigenvalue weighted by atomic mass is 10.0. The van der Waals surface area contributed by atoms with E-state index >= 15 is 0 Å². The highest BCUT2D eigenvalue weighted by Gasteiger charge is 2.30. The Bertz CT molecular complexity index is 1710. The number of aromatic nitrogens is 3. The van der Waals surface area contributed by atoms with Crippen LogP contribution in [-0.2, 0) is 29.0 Å². The molecule has 9 nitrogen and oxygen atoms in total. The van der Waals surface area contributed by atoms with Gasteiger partial charge in [0.25, 0.3) is 0 Å². The number of hydrogen-bond acceptors (Lipinski definition) is 8. The van der Waals surface area contributed by atoms with Crippen molar-refractivity contribution in [3.8, 4) is 6.07 Å². The van der Waals surface area contributed by atoms with Gasteiger partial charge in [0.05, 0.1) is 17.9 Å². The number of alkyl halides is 3. The number of thiophene rings is 1. The molecule has 3 aromatic heterocycles. The van der Waals surface area contributed by atoms with Crippen molar-refractivity contribution in [2.45, 2.75) is 64.5 Å². The molecule has 1 aromatic carbocycles. The van der Waals surface area contributed by atoms with Gasteiger partial charge in [0.1, 0.15) is 35.3 Å². The van der Waals surface area contributed by atoms with Crippen molar-refractivity contribution in [1.82, 2.24) is 24.8 Å². The van der Waals surface area contributed by atoms with Gasteiger partial charge in [-0.2, -0.15) is 18.4 Å². The lowest BCUT2D eigenvalue weighted by Gasteiger charge is -2.33. The summed E-state index contributed by atoms with van der Waals surface area (Å²) < 4.78 is 46.5. The number of carbonyl (C=O) groups is 1. The van der Waals surface area contributed by atoms with Crippen LogP contribution < -0.4 is 10.6 Å². The molecular weight excluding hydrogens is 591 g/mol. The van der Waals surface area contributed by atoms with Gasteiger partial charge >= 0.3 is 6.18 Å². The Hall–Kier alpha value is -3.73. The summed E-state index contributed by atoms with van der Waals surface area (Å²) >= 11 is 1.06. The van der Waals surface area contributed by atoms with Crippen LogP contribution >= 0.6 is 11.3 Å². The second kappa shape index (κ2) is 12.3. The number of morpholine rings is 1. The molecular formula is C31H34F3N7O2S. The van der Waals surface area contributed by atoms with Crippen LogP contribution in [-0.4, -0.2) is 69.9 Å². The van der Waals surface area contributed by atoms with E-state index in [2.05, 4.69) is 62.1 Å². The first-order valence-electron chi connectivity index (χ1n) is 14.8. The first kappa shape index (κ1) is 30.3. The molecule has 6 rings (SSSR count). The maximum absolute atomic E-state index is 12.9. The Morgan fingerprint density at radius 2 is 2.02 bits per heavy atom. The smallest absolute Gasteiger partial charge is 0.367 e. The Kier molecular flexibility index (Phi) is 8.50. The topological polar surface area (TPSA) is 108 Å². The van der Waals surface area contributed by atoms with E-state index < -0.39 is 12.6 Å². The zero-order chi connectivity index (χ0) is 31.0. The van der Waals surface area contributed by atoms with E-state index in [4.69, 9.17) is 4.74 Å². The van der Waals surface area contributed by atoms with E-state index in [1.807, 2.05) is 6.07 Å². The summed E-state index contributed by atoms with van der Waals surface area (Å²) in [6, 6.07) is 10.3. The summed E-state index contributed by atoms with van der Waals surface area (Å²) in [7, 11) is 0. The van der Waals surface area contributed by atoms with E-state index in [9.17, 15) is 23.2 Å². The predicted octanol–water partition coefficient (Wildman–Crippen LogP) is 5.16. The normalized spacial score (nSPS) is 19.3. The van der Waals surface area contributed by atoms with Crippen LogP contribution in [0.15, 0.2) is 30.6 Å². The Balaban J connectivity index is 1.10. The Morgan fingerprint density at radius 3 is 2.73 bits per heavy atom. The van der Waals surface area contributed by atoms with E-state index in [0.717, 1.165) is 60.3 Å². The van der Waals surface area contributed by atoms with Crippen molar-refractivity contribution < 1.29 is 22.7 Å². The standard InChI is InChI=1S/C31H34F3N7O2S/c1-18(27-13-36-28(42)16-43-27)14-41-22(12-35)9-24-19(2)20(3-4-26(24)41)15-40-7-5-21(6-8-40)39-29-25-10-23(11-31(32,33)34)44-30(25)38-17-37-29/h3-4,9-10,17-18,21,27H,5-8,11,13-16H2,1-2H3,(H,36,42)(H,37,38,39). The van der Waals surface area contributed by atoms with Crippen LogP contribution in [0.5, 0.6) is 0 Å². The number of piperidine rings is 1. The van der Waals surface area contributed by atoms with Crippen LogP contribution in [0.3, 0.4) is 0 Å². The molecule has 232 valence electrons. The summed E-state index contributed by atoms with van der Waals surface area (Å²) in [5.74, 6) is 0.591. The quantitative estimate of drug-likeness (QED) is 0.279. The van der Waals surface area contributed by atoms with Crippen molar-refractivity contribution in [1.29, 1.82) is 5.26 Å². The zero-order valence-electron chi connectivity index (χ0n) is 24.6. The number of amides is 1. The molecule has 2 N–H and O–H groups in total. The third kappa shape index (κ3) is 6.52. The molecule has 2 saturated heterocycles. The molecule has 1 amide bonds. The van der Waals surface area contributed by atoms with Gasteiger partial charge in [-0.1, -0.05) is 13.0 Å². The number of nitriles is 1. The van der Waals surface area contributed by atoms with Crippen molar-refractivity contribution in [3.05, 3.63) is 52.3 Å². The second-order valence-corrected chi connectivity index (χ2v) is 12.9. The molecule has 13 heteroatoms. The first-order chi connectivity index (χ1) is 21.1. The largest absolute Gasteiger partial charge is 0.393 e. The minimum atomic E-state index is -4.26. The number of rotatable bonds is 8. The van der Waals surface area contributed by atoms with Crippen LogP contribution in [0.4, 0.5) is 19.0 Å². The summed E-state index contributed by atoms with van der Waals surface area (Å²) in [4.78, 5) is 23.2. The average Bonchev–Trinajstić information content (AvgIpc) is 3.56. The number of hydrogen-bond donors (Lipinski definition) is 2. The van der Waals surface area contributed by atoms with Gasteiger partial charge in [0, 0.05) is 60.5 Å². The lowest BCUT2D eigenvalue weighted by molar-refractivity contribution is -0.135. The van der Waals surface area contributed by atoms with Gasteiger partial charge in [-0.05, 0) is 49.1 Å². The third-order valence-electron chi connectivity index (χ3n) is 8.69. The predicted molar refractivity (Wildman–Crippen MR) is 162 cm³/mol. The van der Waals surface area contributed by atoms with Gasteiger partial charge in [0.2, 0.25) is 5.91 Å². The fraction of sp³-hybridized carbons (Fsp3) is 0.484. The summed E-state index contributed by atoms with van der Waals surface area (Å²) in [5, 5.41) is 17.9. The molecule has 0 radical (unpaired) electrons. The number of nitrogens with zero attached hydrogens (tertiary/aromatic N) is 5. The number of aryl methyl sites for hydroxylation is 1. The SMILES string of the molecule is Cc1c(CN2CCC(Nc3ncnc4sc(CC(F)(F)F)cc34)CC2)ccc2c1cc(C#N)n2CC(C)C1CNC(=O)CO1. The highest BCUT2D eigenvalue weighted by Crippen LogP contribution is 2.34. The number of ether oxygens (including phenoxy) is 1. The molecule has 0 spiro atoms. The Labute approximate surface area is 257 Å². The molecule has 5 heterocycles. The number of benzene rings is 1. The van der Waals surface area contributed by atoms with E-state index in [1.54, 1.807) is 6.07 Å². The van der Waals surface area contributed by atoms with Gasteiger partial charge < -0.3 is 19.9 Å². The number of anilines is 1. The number of nitrogens with one attached hydrogen (secondary N) is 2. The van der Waals surface area contributed by atoms with E-state index in [0.29, 0.717) is 34.8 Å². The molecule has 0 saturated carbocycles. The fourth-order valence-electron chi connectivity index (χ4n) is 6.23. The number of fused-ring (bicyclic) bond motifs is 2. The lowest BCUT2D eigenvalue weighted by Crippen LogP contribution is -2.46. The van der Waals surface area contributed by atoms with Gasteiger partial charge in [-0.25, -0.2) is 9.97 Å². The van der Waals surface area contributed by atoms with Crippen LogP contribution in [0.2, 0.25) is 0 Å². The summed E-state index contributed by atoms with van der Waals surface area (Å²) in [6.07, 6.45) is -2.17. The molecule has 2 aliphatic heterocycles. The van der Waals surface area contributed by atoms with Crippen molar-refractivity contribution in [3.63, 3.8) is 0 Å². The molecule has 4 aromatic rings. The molecule has 2 aliphatic rings. The van der Waals surface area contributed by atoms with Crippen molar-refractivity contribution >= 4 is 44.2 Å². The maximum Gasteiger partial charge on any atom is 0.393 e. The fourth-order valence-corrected chi connectivity index (χ4v) is 7.26. The van der Waals surface area contributed by atoms with E-state index in [1.165, 1.54) is 11.9 Å². The van der Waals surface area contributed by atoms with Crippen molar-refractivity contribution in [2.75, 3.05) is 31.6 Å². The van der Waals surface area contributed by atoms with Gasteiger partial charge in [0.15, 0.2) is 0 Å². The maximum atomic E-state index is 12.9. The second-order valence-electron chi connectivity index (χ2n) is 11.8. The zero-order valence-corrected chi connectivity index (χ0v) is 25.4. The summed E-state index contributed by atoms with van der Waals surface area (Å²) in [6.45, 7) is 7.85. The highest BCUT2D eigenvalue weighted by atomic mass is 32.1. The van der Waals surface area contributed by atoms with Crippen LogP contribution in [0, 0.1) is 24.2 Å². The molecule has 0 bridgehead atoms. The molecule has 2 unspecified atom stereocenters. The minimum Gasteiger partial charge on any atom is -0.367 e. The number of carbonyl (C=O) groups excluding carboxylic acids is 1. The van der Waals surface area contributed by atoms with Crippen LogP contribution in [0.1, 0.15) is 41.5 Å². The van der Waals surface area contributed by atoms with Crippen molar-refractivity contribution in [2.24, 2.45) is 5.92 Å².